The second-order valence-corrected chi connectivity index (χ2v) is 5.17. The number of nitro groups is 1. The first kappa shape index (κ1) is 16.2. The highest BCUT2D eigenvalue weighted by molar-refractivity contribution is 5.80. The first-order valence-corrected chi connectivity index (χ1v) is 7.21. The molecule has 8 heteroatoms. The zero-order valence-electron chi connectivity index (χ0n) is 13.1. The number of rotatable bonds is 4. The van der Waals surface area contributed by atoms with Gasteiger partial charge in [-0.3, -0.25) is 14.9 Å². The normalized spacial score (nSPS) is 11.5. The quantitative estimate of drug-likeness (QED) is 0.428. The molecule has 0 aliphatic heterocycles. The van der Waals surface area contributed by atoms with Gasteiger partial charge in [-0.15, -0.1) is 0 Å². The second kappa shape index (κ2) is 6.44. The molecule has 2 aromatic carbocycles. The number of benzene rings is 2. The molecule has 0 radical (unpaired) electrons. The molecule has 2 N–H and O–H groups in total. The summed E-state index contributed by atoms with van der Waals surface area (Å²) < 4.78 is 5.09. The van der Waals surface area contributed by atoms with Gasteiger partial charge in [-0.2, -0.15) is 0 Å². The van der Waals surface area contributed by atoms with Crippen LogP contribution in [0.15, 0.2) is 47.3 Å². The third-order valence-electron chi connectivity index (χ3n) is 3.55. The summed E-state index contributed by atoms with van der Waals surface area (Å²) >= 11 is 0. The molecule has 0 saturated carbocycles. The van der Waals surface area contributed by atoms with E-state index in [9.17, 15) is 20.0 Å². The van der Waals surface area contributed by atoms with Gasteiger partial charge in [0.1, 0.15) is 17.2 Å². The predicted octanol–water partition coefficient (Wildman–Crippen LogP) is 2.90. The summed E-state index contributed by atoms with van der Waals surface area (Å²) in [6.45, 7) is 0. The minimum absolute atomic E-state index is 0.0123. The molecule has 25 heavy (non-hydrogen) atoms. The van der Waals surface area contributed by atoms with Crippen LogP contribution in [0.2, 0.25) is 0 Å². The topological polar surface area (TPSA) is 118 Å². The fourth-order valence-electron chi connectivity index (χ4n) is 2.30. The lowest BCUT2D eigenvalue weighted by atomic mass is 10.1. The maximum atomic E-state index is 12.1. The molecule has 0 saturated heterocycles. The van der Waals surface area contributed by atoms with Crippen molar-refractivity contribution in [3.63, 3.8) is 0 Å². The molecule has 3 rings (SSSR count). The summed E-state index contributed by atoms with van der Waals surface area (Å²) in [5.74, 6) is 0.406. The van der Waals surface area contributed by atoms with Crippen LogP contribution in [0, 0.1) is 10.1 Å². The molecule has 0 unspecified atom stereocenters. The number of aliphatic hydroxyl groups excluding tert-OH is 1. The zero-order valence-corrected chi connectivity index (χ0v) is 13.1. The van der Waals surface area contributed by atoms with Crippen molar-refractivity contribution in [1.29, 1.82) is 0 Å². The fraction of sp³-hybridized carbons (Fsp3) is 0.0588. The van der Waals surface area contributed by atoms with Gasteiger partial charge in [-0.25, -0.2) is 4.98 Å². The SMILES string of the molecule is COc1cccc(/C(O)=C/c2nc3ccc([N+](=O)[O-])cc3[nH]c2=O)c1. The van der Waals surface area contributed by atoms with Gasteiger partial charge in [-0.05, 0) is 18.2 Å². The highest BCUT2D eigenvalue weighted by atomic mass is 16.6. The van der Waals surface area contributed by atoms with Crippen molar-refractivity contribution in [3.05, 3.63) is 74.2 Å². The van der Waals surface area contributed by atoms with Crippen molar-refractivity contribution in [2.45, 2.75) is 0 Å². The lowest BCUT2D eigenvalue weighted by Crippen LogP contribution is -2.12. The van der Waals surface area contributed by atoms with E-state index in [0.29, 0.717) is 16.8 Å². The Bertz CT molecular complexity index is 1060. The summed E-state index contributed by atoms with van der Waals surface area (Å²) in [7, 11) is 1.51. The van der Waals surface area contributed by atoms with Crippen LogP contribution in [0.4, 0.5) is 5.69 Å². The van der Waals surface area contributed by atoms with Crippen LogP contribution >= 0.6 is 0 Å². The molecule has 0 aliphatic rings. The summed E-state index contributed by atoms with van der Waals surface area (Å²) in [6, 6.07) is 10.7. The molecular formula is C17H13N3O5. The number of hydrogen-bond acceptors (Lipinski definition) is 6. The Hall–Kier alpha value is -3.68. The van der Waals surface area contributed by atoms with Crippen molar-refractivity contribution in [1.82, 2.24) is 9.97 Å². The summed E-state index contributed by atoms with van der Waals surface area (Å²) in [6.07, 6.45) is 1.23. The van der Waals surface area contributed by atoms with E-state index in [2.05, 4.69) is 9.97 Å². The molecular weight excluding hydrogens is 326 g/mol. The summed E-state index contributed by atoms with van der Waals surface area (Å²) in [5.41, 5.74) is 0.355. The summed E-state index contributed by atoms with van der Waals surface area (Å²) in [5, 5.41) is 21.0. The second-order valence-electron chi connectivity index (χ2n) is 5.17. The number of ether oxygens (including phenoxy) is 1. The number of nitro benzene ring substituents is 1. The smallest absolute Gasteiger partial charge is 0.274 e. The predicted molar refractivity (Wildman–Crippen MR) is 92.5 cm³/mol. The van der Waals surface area contributed by atoms with Crippen LogP contribution in [0.5, 0.6) is 5.75 Å². The largest absolute Gasteiger partial charge is 0.507 e. The Kier molecular flexibility index (Phi) is 4.17. The van der Waals surface area contributed by atoms with Gasteiger partial charge in [0.15, 0.2) is 0 Å². The van der Waals surface area contributed by atoms with Crippen molar-refractivity contribution >= 4 is 28.6 Å². The number of aliphatic hydroxyl groups is 1. The Morgan fingerprint density at radius 1 is 1.32 bits per heavy atom. The first-order chi connectivity index (χ1) is 12.0. The average Bonchev–Trinajstić information content (AvgIpc) is 2.61. The number of fused-ring (bicyclic) bond motifs is 1. The minimum Gasteiger partial charge on any atom is -0.507 e. The Morgan fingerprint density at radius 2 is 2.12 bits per heavy atom. The van der Waals surface area contributed by atoms with Crippen LogP contribution < -0.4 is 10.3 Å². The van der Waals surface area contributed by atoms with Gasteiger partial charge in [0, 0.05) is 23.8 Å². The van der Waals surface area contributed by atoms with Crippen LogP contribution in [-0.2, 0) is 0 Å². The molecule has 1 aromatic heterocycles. The van der Waals surface area contributed by atoms with Gasteiger partial charge in [-0.1, -0.05) is 12.1 Å². The van der Waals surface area contributed by atoms with Crippen LogP contribution in [0.3, 0.4) is 0 Å². The molecule has 1 heterocycles. The fourth-order valence-corrected chi connectivity index (χ4v) is 2.30. The number of aromatic nitrogens is 2. The minimum atomic E-state index is -0.567. The number of H-pyrrole nitrogens is 1. The number of nitrogens with zero attached hydrogens (tertiary/aromatic N) is 2. The maximum Gasteiger partial charge on any atom is 0.274 e. The molecule has 0 spiro atoms. The molecule has 3 aromatic rings. The van der Waals surface area contributed by atoms with Gasteiger partial charge in [0.05, 0.1) is 23.1 Å². The molecule has 0 amide bonds. The van der Waals surface area contributed by atoms with E-state index in [-0.39, 0.29) is 22.7 Å². The Labute approximate surface area is 141 Å². The van der Waals surface area contributed by atoms with E-state index in [1.165, 1.54) is 31.4 Å². The standard InChI is InChI=1S/C17H13N3O5/c1-25-12-4-2-3-10(7-12)16(21)9-15-17(22)19-14-8-11(20(23)24)5-6-13(14)18-15/h2-9,21H,1H3,(H,19,22)/b16-9-. The monoisotopic (exact) mass is 339 g/mol. The lowest BCUT2D eigenvalue weighted by molar-refractivity contribution is -0.384. The number of aromatic amines is 1. The van der Waals surface area contributed by atoms with E-state index in [0.717, 1.165) is 0 Å². The lowest BCUT2D eigenvalue weighted by Gasteiger charge is -2.04. The molecule has 126 valence electrons. The number of non-ortho nitro benzene ring substituents is 1. The van der Waals surface area contributed by atoms with Crippen molar-refractivity contribution in [2.75, 3.05) is 7.11 Å². The Balaban J connectivity index is 2.06. The van der Waals surface area contributed by atoms with Crippen LogP contribution in [0.1, 0.15) is 11.3 Å². The van der Waals surface area contributed by atoms with Crippen LogP contribution in [-0.4, -0.2) is 27.1 Å². The Morgan fingerprint density at radius 3 is 2.84 bits per heavy atom. The van der Waals surface area contributed by atoms with Crippen molar-refractivity contribution in [3.8, 4) is 5.75 Å². The molecule has 0 atom stereocenters. The number of hydrogen-bond donors (Lipinski definition) is 2. The van der Waals surface area contributed by atoms with Gasteiger partial charge in [0.25, 0.3) is 11.2 Å². The summed E-state index contributed by atoms with van der Waals surface area (Å²) in [4.78, 5) is 29.1. The third-order valence-corrected chi connectivity index (χ3v) is 3.55. The van der Waals surface area contributed by atoms with Crippen molar-refractivity contribution in [2.24, 2.45) is 0 Å². The van der Waals surface area contributed by atoms with Crippen molar-refractivity contribution < 1.29 is 14.8 Å². The average molecular weight is 339 g/mol. The van der Waals surface area contributed by atoms with E-state index < -0.39 is 10.5 Å². The number of nitrogens with one attached hydrogen (secondary N) is 1. The molecule has 0 aliphatic carbocycles. The highest BCUT2D eigenvalue weighted by Crippen LogP contribution is 2.20. The van der Waals surface area contributed by atoms with Gasteiger partial charge in [0.2, 0.25) is 0 Å². The van der Waals surface area contributed by atoms with Crippen LogP contribution in [0.25, 0.3) is 22.9 Å². The maximum absolute atomic E-state index is 12.1. The van der Waals surface area contributed by atoms with E-state index in [1.54, 1.807) is 24.3 Å². The zero-order chi connectivity index (χ0) is 18.0. The van der Waals surface area contributed by atoms with Gasteiger partial charge < -0.3 is 14.8 Å². The first-order valence-electron chi connectivity index (χ1n) is 7.21. The van der Waals surface area contributed by atoms with E-state index in [4.69, 9.17) is 4.74 Å². The number of methoxy groups -OCH3 is 1. The van der Waals surface area contributed by atoms with E-state index >= 15 is 0 Å². The van der Waals surface area contributed by atoms with E-state index in [1.807, 2.05) is 0 Å². The molecule has 0 bridgehead atoms. The highest BCUT2D eigenvalue weighted by Gasteiger charge is 2.10. The molecule has 8 nitrogen and oxygen atoms in total. The third kappa shape index (κ3) is 3.32. The van der Waals surface area contributed by atoms with Gasteiger partial charge >= 0.3 is 0 Å². The molecule has 0 fully saturated rings.